The molecule has 1 aliphatic heterocycles. The van der Waals surface area contributed by atoms with E-state index in [-0.39, 0.29) is 28.7 Å². The first-order valence-electron chi connectivity index (χ1n) is 12.6. The largest absolute Gasteiger partial charge is 0.462 e. The van der Waals surface area contributed by atoms with Crippen molar-refractivity contribution in [2.45, 2.75) is 57.0 Å². The first-order chi connectivity index (χ1) is 19.4. The fraction of sp³-hybridized carbons (Fsp3) is 0.500. The fourth-order valence-corrected chi connectivity index (χ4v) is 5.67. The Morgan fingerprint density at radius 2 is 2.00 bits per heavy atom. The number of anilines is 2. The molecule has 2 aromatic heterocycles. The highest BCUT2D eigenvalue weighted by Crippen LogP contribution is 2.48. The van der Waals surface area contributed by atoms with Gasteiger partial charge >= 0.3 is 13.7 Å². The molecule has 0 radical (unpaired) electrons. The van der Waals surface area contributed by atoms with E-state index in [0.29, 0.717) is 0 Å². The number of carbonyl (C=O) groups excluding carboxylic acids is 1. The third-order valence-electron chi connectivity index (χ3n) is 6.13. The lowest BCUT2D eigenvalue weighted by Gasteiger charge is -2.26. The minimum absolute atomic E-state index is 0.0216. The minimum Gasteiger partial charge on any atom is -0.462 e. The van der Waals surface area contributed by atoms with Crippen LogP contribution < -0.4 is 20.7 Å². The van der Waals surface area contributed by atoms with E-state index in [1.165, 1.54) is 19.1 Å². The zero-order chi connectivity index (χ0) is 29.9. The van der Waals surface area contributed by atoms with Gasteiger partial charge in [-0.15, -0.1) is 0 Å². The average molecular weight is 600 g/mol. The van der Waals surface area contributed by atoms with E-state index in [0.717, 1.165) is 10.9 Å². The Bertz CT molecular complexity index is 1420. The number of halogens is 2. The van der Waals surface area contributed by atoms with Crippen LogP contribution in [0, 0.1) is 0 Å². The zero-order valence-electron chi connectivity index (χ0n) is 22.7. The van der Waals surface area contributed by atoms with Crippen molar-refractivity contribution in [3.63, 3.8) is 0 Å². The van der Waals surface area contributed by atoms with Crippen LogP contribution in [-0.4, -0.2) is 80.9 Å². The van der Waals surface area contributed by atoms with Crippen molar-refractivity contribution < 1.29 is 41.8 Å². The van der Waals surface area contributed by atoms with Crippen molar-refractivity contribution in [2.24, 2.45) is 0 Å². The Hall–Kier alpha value is -3.43. The van der Waals surface area contributed by atoms with Crippen LogP contribution in [0.4, 0.5) is 20.5 Å². The summed E-state index contributed by atoms with van der Waals surface area (Å²) in [5.74, 6) is -0.525. The number of aliphatic hydroxyl groups excluding tert-OH is 1. The van der Waals surface area contributed by atoms with Crippen molar-refractivity contribution >= 4 is 36.6 Å². The summed E-state index contributed by atoms with van der Waals surface area (Å²) in [6.45, 7) is 2.31. The molecule has 1 aromatic carbocycles. The minimum atomic E-state index is -4.38. The Labute approximate surface area is 234 Å². The number of hydrogen-bond acceptors (Lipinski definition) is 12. The van der Waals surface area contributed by atoms with Crippen molar-refractivity contribution in [1.29, 1.82) is 0 Å². The van der Waals surface area contributed by atoms with Crippen molar-refractivity contribution in [1.82, 2.24) is 24.6 Å². The van der Waals surface area contributed by atoms with Gasteiger partial charge < -0.3 is 30.2 Å². The molecule has 0 aliphatic carbocycles. The second kappa shape index (κ2) is 12.2. The van der Waals surface area contributed by atoms with Crippen LogP contribution in [0.25, 0.3) is 11.2 Å². The number of hydrogen-bond donors (Lipinski definition) is 4. The molecule has 3 aromatic rings. The van der Waals surface area contributed by atoms with Gasteiger partial charge in [0.2, 0.25) is 11.6 Å². The van der Waals surface area contributed by atoms with Gasteiger partial charge in [0.1, 0.15) is 30.7 Å². The molecule has 0 saturated carbocycles. The van der Waals surface area contributed by atoms with E-state index in [2.05, 4.69) is 25.4 Å². The topological polar surface area (TPSA) is 185 Å². The molecule has 14 nitrogen and oxygen atoms in total. The molecule has 6 atom stereocenters. The molecular weight excluding hydrogens is 567 g/mol. The average Bonchev–Trinajstić information content (AvgIpc) is 3.45. The monoisotopic (exact) mass is 599 g/mol. The number of benzene rings is 1. The molecule has 1 fully saturated rings. The lowest BCUT2D eigenvalue weighted by molar-refractivity contribution is -0.149. The maximum Gasteiger partial charge on any atom is 0.459 e. The van der Waals surface area contributed by atoms with E-state index >= 15 is 4.39 Å². The number of rotatable bonds is 12. The maximum absolute atomic E-state index is 16.0. The summed E-state index contributed by atoms with van der Waals surface area (Å²) in [6.07, 6.45) is -4.66. The normalized spacial score (nSPS) is 24.7. The number of aromatic nitrogens is 4. The Balaban J connectivity index is 1.59. The molecule has 1 unspecified atom stereocenters. The molecule has 1 saturated heterocycles. The maximum atomic E-state index is 16.0. The molecule has 17 heteroatoms. The van der Waals surface area contributed by atoms with E-state index < -0.39 is 63.2 Å². The molecule has 4 rings (SSSR count). The Morgan fingerprint density at radius 3 is 2.63 bits per heavy atom. The molecule has 0 bridgehead atoms. The molecule has 0 amide bonds. The summed E-state index contributed by atoms with van der Waals surface area (Å²) in [6, 6.07) is 6.79. The molecule has 41 heavy (non-hydrogen) atoms. The Kier molecular flexibility index (Phi) is 9.09. The highest BCUT2D eigenvalue weighted by Gasteiger charge is 2.59. The molecule has 3 heterocycles. The van der Waals surface area contributed by atoms with Crippen LogP contribution in [-0.2, 0) is 23.4 Å². The third kappa shape index (κ3) is 6.41. The highest BCUT2D eigenvalue weighted by molar-refractivity contribution is 7.52. The number of nitrogens with two attached hydrogens (primary N) is 1. The number of carbonyl (C=O) groups is 1. The van der Waals surface area contributed by atoms with Gasteiger partial charge in [-0.3, -0.25) is 13.9 Å². The van der Waals surface area contributed by atoms with Gasteiger partial charge in [-0.2, -0.15) is 15.1 Å². The summed E-state index contributed by atoms with van der Waals surface area (Å²) in [5.41, 5.74) is 3.01. The Morgan fingerprint density at radius 1 is 1.29 bits per heavy atom. The van der Waals surface area contributed by atoms with Crippen LogP contribution in [0.1, 0.15) is 27.0 Å². The molecule has 0 spiro atoms. The summed E-state index contributed by atoms with van der Waals surface area (Å²) >= 11 is 0. The summed E-state index contributed by atoms with van der Waals surface area (Å²) in [4.78, 5) is 24.6. The number of para-hydroxylation sites is 1. The quantitative estimate of drug-likeness (QED) is 0.176. The summed E-state index contributed by atoms with van der Waals surface area (Å²) < 4.78 is 67.0. The smallest absolute Gasteiger partial charge is 0.459 e. The van der Waals surface area contributed by atoms with Gasteiger partial charge in [-0.1, -0.05) is 18.2 Å². The van der Waals surface area contributed by atoms with Crippen LogP contribution in [0.3, 0.4) is 0 Å². The van der Waals surface area contributed by atoms with Crippen molar-refractivity contribution in [3.05, 3.63) is 36.7 Å². The number of fused-ring (bicyclic) bond motifs is 1. The van der Waals surface area contributed by atoms with Crippen LogP contribution >= 0.6 is 7.75 Å². The number of nitrogen functional groups attached to an aromatic ring is 1. The molecular formula is C24H32F2N7O7P. The van der Waals surface area contributed by atoms with Crippen LogP contribution in [0.15, 0.2) is 36.7 Å². The van der Waals surface area contributed by atoms with Crippen LogP contribution in [0.5, 0.6) is 5.75 Å². The second-order valence-electron chi connectivity index (χ2n) is 9.57. The first kappa shape index (κ1) is 30.5. The van der Waals surface area contributed by atoms with Crippen molar-refractivity contribution in [3.8, 4) is 5.75 Å². The van der Waals surface area contributed by atoms with E-state index in [9.17, 15) is 18.9 Å². The molecule has 1 aliphatic rings. The number of alkyl halides is 2. The van der Waals surface area contributed by atoms with Crippen LogP contribution in [0.2, 0.25) is 0 Å². The summed E-state index contributed by atoms with van der Waals surface area (Å²) in [5, 5.41) is 16.1. The number of nitrogens with one attached hydrogen (secondary N) is 2. The second-order valence-corrected chi connectivity index (χ2v) is 11.3. The number of imidazole rings is 1. The van der Waals surface area contributed by atoms with Gasteiger partial charge in [0, 0.05) is 7.05 Å². The lowest BCUT2D eigenvalue weighted by atomic mass is 9.97. The van der Waals surface area contributed by atoms with Gasteiger partial charge in [-0.25, -0.2) is 18.3 Å². The number of aliphatic hydroxyl groups is 1. The van der Waals surface area contributed by atoms with Gasteiger partial charge in [0.15, 0.2) is 23.2 Å². The SMILES string of the molecule is CNc1nc(N)nc2c1ncn2[C@@H]1OC(CO[P@@](=O)(N[C@@H](C)C(=O)OC(C)C)Oc2ccccc2)[C@@H](O)[C@]1(F)CF. The van der Waals surface area contributed by atoms with Gasteiger partial charge in [0.05, 0.1) is 19.0 Å². The lowest BCUT2D eigenvalue weighted by Crippen LogP contribution is -2.45. The standard InChI is InChI=1S/C24H32F2N7O7P/c1-13(2)38-21(35)14(3)32-41(36,40-15-8-6-5-7-9-15)37-10-16-18(34)24(26,11-25)22(39-16)33-12-29-17-19(28-4)30-23(27)31-20(17)33/h5-9,12-14,16,18,22,34H,10-11H2,1-4H3,(H,32,36)(H3,27,28,30,31)/t14-,16?,18+,22+,24+,41-/m0/s1. The third-order valence-corrected chi connectivity index (χ3v) is 7.77. The number of esters is 1. The molecule has 224 valence electrons. The predicted octanol–water partition coefficient (Wildman–Crippen LogP) is 2.52. The van der Waals surface area contributed by atoms with Gasteiger partial charge in [0.25, 0.3) is 0 Å². The number of ether oxygens (including phenoxy) is 2. The van der Waals surface area contributed by atoms with E-state index in [1.807, 2.05) is 0 Å². The van der Waals surface area contributed by atoms with E-state index in [4.69, 9.17) is 24.3 Å². The van der Waals surface area contributed by atoms with E-state index in [1.54, 1.807) is 39.1 Å². The fourth-order valence-electron chi connectivity index (χ4n) is 4.17. The highest BCUT2D eigenvalue weighted by atomic mass is 31.2. The predicted molar refractivity (Wildman–Crippen MR) is 143 cm³/mol. The summed E-state index contributed by atoms with van der Waals surface area (Å²) in [7, 11) is -2.82. The first-order valence-corrected chi connectivity index (χ1v) is 14.2. The molecule has 5 N–H and O–H groups in total. The number of nitrogens with zero attached hydrogens (tertiary/aromatic N) is 4. The van der Waals surface area contributed by atoms with Crippen molar-refractivity contribution in [2.75, 3.05) is 31.4 Å². The van der Waals surface area contributed by atoms with Gasteiger partial charge in [-0.05, 0) is 32.9 Å². The zero-order valence-corrected chi connectivity index (χ0v) is 23.6.